The molecule has 3 aromatic carbocycles. The maximum atomic E-state index is 13.0. The van der Waals surface area contributed by atoms with Crippen LogP contribution in [0, 0.1) is 18.7 Å². The number of nitrogens with zero attached hydrogens (tertiary/aromatic N) is 1. The number of rotatable bonds is 12. The number of aromatic nitrogens is 1. The smallest absolute Gasteiger partial charge is 0.312 e. The van der Waals surface area contributed by atoms with Crippen LogP contribution >= 0.6 is 11.8 Å². The zero-order valence-corrected chi connectivity index (χ0v) is 21.7. The van der Waals surface area contributed by atoms with Crippen LogP contribution in [0.1, 0.15) is 29.0 Å². The number of carboxylic acids is 1. The van der Waals surface area contributed by atoms with E-state index in [2.05, 4.69) is 4.98 Å². The first kappa shape index (κ1) is 27.1. The van der Waals surface area contributed by atoms with E-state index in [1.807, 2.05) is 54.6 Å². The first-order valence-electron chi connectivity index (χ1n) is 12.2. The summed E-state index contributed by atoms with van der Waals surface area (Å²) in [6, 6.07) is 23.0. The van der Waals surface area contributed by atoms with E-state index in [1.54, 1.807) is 19.1 Å². The predicted octanol–water partition coefficient (Wildman–Crippen LogP) is 6.50. The van der Waals surface area contributed by atoms with Crippen molar-refractivity contribution in [1.29, 1.82) is 0 Å². The minimum absolute atomic E-state index is 0.0104. The molecule has 196 valence electrons. The molecule has 4 aromatic rings. The van der Waals surface area contributed by atoms with Crippen LogP contribution in [-0.4, -0.2) is 27.8 Å². The van der Waals surface area contributed by atoms with E-state index in [1.165, 1.54) is 23.9 Å². The lowest BCUT2D eigenvalue weighted by atomic mass is 9.96. The second-order valence-corrected chi connectivity index (χ2v) is 10.0. The lowest BCUT2D eigenvalue weighted by Gasteiger charge is -2.13. The first-order valence-corrected chi connectivity index (χ1v) is 13.2. The average Bonchev–Trinajstić information content (AvgIpc) is 3.29. The van der Waals surface area contributed by atoms with Gasteiger partial charge in [0.15, 0.2) is 0 Å². The fourth-order valence-electron chi connectivity index (χ4n) is 3.87. The summed E-state index contributed by atoms with van der Waals surface area (Å²) in [5.74, 6) is -0.411. The molecule has 0 amide bonds. The Morgan fingerprint density at radius 2 is 1.68 bits per heavy atom. The lowest BCUT2D eigenvalue weighted by molar-refractivity contribution is -0.144. The van der Waals surface area contributed by atoms with Gasteiger partial charge in [0, 0.05) is 10.5 Å². The van der Waals surface area contributed by atoms with Crippen molar-refractivity contribution < 1.29 is 28.2 Å². The number of carbonyl (C=O) groups excluding carboxylic acids is 1. The maximum Gasteiger partial charge on any atom is 0.312 e. The van der Waals surface area contributed by atoms with E-state index in [0.29, 0.717) is 35.9 Å². The van der Waals surface area contributed by atoms with Crippen LogP contribution in [0.5, 0.6) is 0 Å². The second kappa shape index (κ2) is 13.1. The molecule has 1 heterocycles. The molecular weight excluding hydrogens is 505 g/mol. The van der Waals surface area contributed by atoms with Crippen molar-refractivity contribution >= 4 is 23.7 Å². The van der Waals surface area contributed by atoms with Crippen LogP contribution < -0.4 is 0 Å². The molecule has 0 fully saturated rings. The minimum atomic E-state index is -0.846. The van der Waals surface area contributed by atoms with Gasteiger partial charge in [-0.25, -0.2) is 9.37 Å². The molecule has 0 saturated carbocycles. The van der Waals surface area contributed by atoms with Gasteiger partial charge in [0.05, 0.1) is 18.0 Å². The van der Waals surface area contributed by atoms with Crippen LogP contribution in [0.15, 0.2) is 88.2 Å². The average molecular weight is 534 g/mol. The van der Waals surface area contributed by atoms with Crippen molar-refractivity contribution in [2.75, 3.05) is 5.75 Å². The molecule has 1 N–H and O–H groups in total. The third-order valence-electron chi connectivity index (χ3n) is 6.03. The highest BCUT2D eigenvalue weighted by Crippen LogP contribution is 2.24. The predicted molar refractivity (Wildman–Crippen MR) is 143 cm³/mol. The summed E-state index contributed by atoms with van der Waals surface area (Å²) in [6.45, 7) is 1.88. The number of esters is 1. The number of hydrogen-bond donors (Lipinski definition) is 1. The molecule has 1 aromatic heterocycles. The van der Waals surface area contributed by atoms with Gasteiger partial charge in [0.25, 0.3) is 0 Å². The summed E-state index contributed by atoms with van der Waals surface area (Å²) in [7, 11) is 0. The Labute approximate surface area is 224 Å². The number of oxazole rings is 1. The largest absolute Gasteiger partial charge is 0.481 e. The molecule has 38 heavy (non-hydrogen) atoms. The van der Waals surface area contributed by atoms with Gasteiger partial charge in [0.2, 0.25) is 5.89 Å². The summed E-state index contributed by atoms with van der Waals surface area (Å²) in [5, 5.41) is 9.65. The second-order valence-electron chi connectivity index (χ2n) is 8.87. The number of aryl methyl sites for hydroxylation is 1. The number of aliphatic carboxylic acids is 1. The number of benzene rings is 3. The molecule has 0 saturated heterocycles. The van der Waals surface area contributed by atoms with Crippen LogP contribution in [-0.2, 0) is 33.8 Å². The topological polar surface area (TPSA) is 89.6 Å². The quantitative estimate of drug-likeness (QED) is 0.164. The monoisotopic (exact) mass is 533 g/mol. The van der Waals surface area contributed by atoms with E-state index < -0.39 is 17.9 Å². The summed E-state index contributed by atoms with van der Waals surface area (Å²) in [5.41, 5.74) is 3.09. The van der Waals surface area contributed by atoms with Crippen molar-refractivity contribution in [1.82, 2.24) is 4.98 Å². The highest BCUT2D eigenvalue weighted by Gasteiger charge is 2.19. The molecule has 8 heteroatoms. The summed E-state index contributed by atoms with van der Waals surface area (Å²) >= 11 is 1.51. The Morgan fingerprint density at radius 1 is 1.00 bits per heavy atom. The number of carbonyl (C=O) groups is 2. The maximum absolute atomic E-state index is 13.0. The normalized spacial score (nSPS) is 11.7. The van der Waals surface area contributed by atoms with Gasteiger partial charge in [-0.1, -0.05) is 42.5 Å². The lowest BCUT2D eigenvalue weighted by Crippen LogP contribution is -2.17. The van der Waals surface area contributed by atoms with Gasteiger partial charge in [0.1, 0.15) is 18.2 Å². The van der Waals surface area contributed by atoms with Crippen LogP contribution in [0.3, 0.4) is 0 Å². The molecule has 4 rings (SSSR count). The minimum Gasteiger partial charge on any atom is -0.481 e. The van der Waals surface area contributed by atoms with Gasteiger partial charge in [-0.3, -0.25) is 9.59 Å². The molecule has 6 nitrogen and oxygen atoms in total. The van der Waals surface area contributed by atoms with Gasteiger partial charge < -0.3 is 14.3 Å². The van der Waals surface area contributed by atoms with Crippen LogP contribution in [0.2, 0.25) is 0 Å². The number of hydrogen-bond acceptors (Lipinski definition) is 6. The van der Waals surface area contributed by atoms with Gasteiger partial charge in [-0.2, -0.15) is 0 Å². The molecule has 1 atom stereocenters. The van der Waals surface area contributed by atoms with E-state index in [9.17, 15) is 19.1 Å². The van der Waals surface area contributed by atoms with Crippen LogP contribution in [0.4, 0.5) is 4.39 Å². The molecule has 0 aliphatic carbocycles. The Morgan fingerprint density at radius 3 is 2.37 bits per heavy atom. The highest BCUT2D eigenvalue weighted by molar-refractivity contribution is 7.99. The zero-order chi connectivity index (χ0) is 26.9. The molecule has 0 aliphatic heterocycles. The third kappa shape index (κ3) is 7.79. The van der Waals surface area contributed by atoms with E-state index >= 15 is 0 Å². The molecule has 0 bridgehead atoms. The standard InChI is InChI=1S/C30H28FNO5S/c1-20-27(32-29(37-20)23-5-3-2-4-6-23)18-28(33)36-19-22-9-7-21(8-10-22)17-24(30(34)35)15-16-38-26-13-11-25(31)12-14-26/h2-14,24H,15-19H2,1H3,(H,34,35). The van der Waals surface area contributed by atoms with Crippen molar-refractivity contribution in [3.8, 4) is 11.5 Å². The van der Waals surface area contributed by atoms with Crippen molar-refractivity contribution in [2.45, 2.75) is 37.7 Å². The fourth-order valence-corrected chi connectivity index (χ4v) is 4.83. The molecular formula is C30H28FNO5S. The van der Waals surface area contributed by atoms with E-state index in [0.717, 1.165) is 21.6 Å². The summed E-state index contributed by atoms with van der Waals surface area (Å²) < 4.78 is 24.2. The molecule has 0 spiro atoms. The van der Waals surface area contributed by atoms with Gasteiger partial charge >= 0.3 is 11.9 Å². The Kier molecular flexibility index (Phi) is 9.32. The summed E-state index contributed by atoms with van der Waals surface area (Å²) in [6.07, 6.45) is 0.898. The van der Waals surface area contributed by atoms with Crippen LogP contribution in [0.25, 0.3) is 11.5 Å². The Bertz CT molecular complexity index is 1350. The summed E-state index contributed by atoms with van der Waals surface area (Å²) in [4.78, 5) is 29.5. The molecule has 0 aliphatic rings. The third-order valence-corrected chi connectivity index (χ3v) is 7.07. The van der Waals surface area contributed by atoms with Crippen molar-refractivity contribution in [2.24, 2.45) is 5.92 Å². The molecule has 1 unspecified atom stereocenters. The highest BCUT2D eigenvalue weighted by atomic mass is 32.2. The number of thioether (sulfide) groups is 1. The van der Waals surface area contributed by atoms with Gasteiger partial charge in [-0.05, 0) is 73.0 Å². The van der Waals surface area contributed by atoms with E-state index in [-0.39, 0.29) is 18.8 Å². The van der Waals surface area contributed by atoms with Crippen molar-refractivity contribution in [3.63, 3.8) is 0 Å². The SMILES string of the molecule is Cc1oc(-c2ccccc2)nc1CC(=O)OCc1ccc(CC(CCSc2ccc(F)cc2)C(=O)O)cc1. The fraction of sp³-hybridized carbons (Fsp3) is 0.233. The zero-order valence-electron chi connectivity index (χ0n) is 20.9. The Hall–Kier alpha value is -3.91. The first-order chi connectivity index (χ1) is 18.4. The Balaban J connectivity index is 1.24. The number of carboxylic acid groups (broad SMARTS) is 1. The number of ether oxygens (including phenoxy) is 1. The van der Waals surface area contributed by atoms with Gasteiger partial charge in [-0.15, -0.1) is 11.8 Å². The number of halogens is 1. The van der Waals surface area contributed by atoms with E-state index in [4.69, 9.17) is 9.15 Å². The van der Waals surface area contributed by atoms with Crippen molar-refractivity contribution in [3.05, 3.63) is 107 Å². The molecule has 0 radical (unpaired) electrons.